The lowest BCUT2D eigenvalue weighted by atomic mass is 10.1. The van der Waals surface area contributed by atoms with Gasteiger partial charge in [-0.25, -0.2) is 0 Å². The van der Waals surface area contributed by atoms with E-state index in [2.05, 4.69) is 0 Å². The Morgan fingerprint density at radius 1 is 1.00 bits per heavy atom. The predicted molar refractivity (Wildman–Crippen MR) is 68.6 cm³/mol. The van der Waals surface area contributed by atoms with Gasteiger partial charge in [0.2, 0.25) is 0 Å². The van der Waals surface area contributed by atoms with Crippen LogP contribution in [-0.4, -0.2) is 4.92 Å². The van der Waals surface area contributed by atoms with Gasteiger partial charge in [-0.2, -0.15) is 0 Å². The van der Waals surface area contributed by atoms with Crippen LogP contribution >= 0.6 is 23.2 Å². The first-order valence-electron chi connectivity index (χ1n) is 4.78. The molecule has 0 fully saturated rings. The number of hydrogen-bond donors (Lipinski definition) is 0. The SMILES string of the molecule is O=[N+]([O-])c1cc(Cl)c(-c2ccccc2)c(Cl)c1. The molecule has 2 aromatic carbocycles. The monoisotopic (exact) mass is 267 g/mol. The first kappa shape index (κ1) is 11.9. The van der Waals surface area contributed by atoms with Crippen molar-refractivity contribution in [3.63, 3.8) is 0 Å². The summed E-state index contributed by atoms with van der Waals surface area (Å²) in [5.41, 5.74) is 1.33. The van der Waals surface area contributed by atoms with Crippen molar-refractivity contribution in [2.45, 2.75) is 0 Å². The van der Waals surface area contributed by atoms with Gasteiger partial charge in [-0.05, 0) is 5.56 Å². The zero-order valence-electron chi connectivity index (χ0n) is 8.56. The zero-order valence-corrected chi connectivity index (χ0v) is 10.1. The molecule has 0 aliphatic carbocycles. The van der Waals surface area contributed by atoms with Gasteiger partial charge in [0.1, 0.15) is 0 Å². The average Bonchev–Trinajstić information content (AvgIpc) is 2.29. The van der Waals surface area contributed by atoms with Crippen LogP contribution in [0.25, 0.3) is 11.1 Å². The highest BCUT2D eigenvalue weighted by molar-refractivity contribution is 6.39. The third-order valence-electron chi connectivity index (χ3n) is 2.30. The standard InChI is InChI=1S/C12H7Cl2NO2/c13-10-6-9(15(16)17)7-11(14)12(10)8-4-2-1-3-5-8/h1-7H. The van der Waals surface area contributed by atoms with Crippen molar-refractivity contribution in [3.8, 4) is 11.1 Å². The van der Waals surface area contributed by atoms with Crippen LogP contribution in [0.4, 0.5) is 5.69 Å². The molecule has 0 spiro atoms. The summed E-state index contributed by atoms with van der Waals surface area (Å²) in [6, 6.07) is 11.9. The number of hydrogen-bond acceptors (Lipinski definition) is 2. The minimum absolute atomic E-state index is 0.111. The summed E-state index contributed by atoms with van der Waals surface area (Å²) in [5.74, 6) is 0. The van der Waals surface area contributed by atoms with E-state index in [1.807, 2.05) is 30.3 Å². The van der Waals surface area contributed by atoms with Crippen LogP contribution in [0, 0.1) is 10.1 Å². The molecule has 17 heavy (non-hydrogen) atoms. The molecule has 0 unspecified atom stereocenters. The summed E-state index contributed by atoms with van der Waals surface area (Å²) >= 11 is 12.0. The first-order valence-corrected chi connectivity index (χ1v) is 5.54. The summed E-state index contributed by atoms with van der Waals surface area (Å²) in [7, 11) is 0. The highest BCUT2D eigenvalue weighted by Crippen LogP contribution is 2.37. The number of halogens is 2. The van der Waals surface area contributed by atoms with Crippen LogP contribution in [0.15, 0.2) is 42.5 Å². The van der Waals surface area contributed by atoms with E-state index in [0.29, 0.717) is 5.56 Å². The molecule has 0 aliphatic rings. The molecule has 0 saturated heterocycles. The van der Waals surface area contributed by atoms with E-state index >= 15 is 0 Å². The lowest BCUT2D eigenvalue weighted by molar-refractivity contribution is -0.384. The summed E-state index contributed by atoms with van der Waals surface area (Å²) in [6.07, 6.45) is 0. The Morgan fingerprint density at radius 2 is 1.53 bits per heavy atom. The molecule has 0 atom stereocenters. The molecular weight excluding hydrogens is 261 g/mol. The second-order valence-corrected chi connectivity index (χ2v) is 4.22. The van der Waals surface area contributed by atoms with Gasteiger partial charge < -0.3 is 0 Å². The van der Waals surface area contributed by atoms with E-state index in [0.717, 1.165) is 5.56 Å². The Hall–Kier alpha value is -1.58. The highest BCUT2D eigenvalue weighted by Gasteiger charge is 2.15. The molecule has 86 valence electrons. The van der Waals surface area contributed by atoms with Crippen molar-refractivity contribution in [1.82, 2.24) is 0 Å². The maximum Gasteiger partial charge on any atom is 0.272 e. The van der Waals surface area contributed by atoms with Gasteiger partial charge in [0.25, 0.3) is 5.69 Å². The lowest BCUT2D eigenvalue weighted by Gasteiger charge is -2.06. The van der Waals surface area contributed by atoms with Crippen LogP contribution in [0.1, 0.15) is 0 Å². The second kappa shape index (κ2) is 4.73. The van der Waals surface area contributed by atoms with E-state index in [4.69, 9.17) is 23.2 Å². The van der Waals surface area contributed by atoms with Gasteiger partial charge in [0.05, 0.1) is 15.0 Å². The molecule has 0 radical (unpaired) electrons. The Bertz CT molecular complexity index is 547. The normalized spacial score (nSPS) is 10.2. The quantitative estimate of drug-likeness (QED) is 0.591. The molecule has 0 saturated carbocycles. The lowest BCUT2D eigenvalue weighted by Crippen LogP contribution is -1.90. The van der Waals surface area contributed by atoms with Crippen molar-refractivity contribution in [2.24, 2.45) is 0 Å². The molecule has 2 rings (SSSR count). The molecule has 2 aromatic rings. The molecule has 5 heteroatoms. The van der Waals surface area contributed by atoms with Crippen molar-refractivity contribution < 1.29 is 4.92 Å². The fourth-order valence-electron chi connectivity index (χ4n) is 1.55. The molecular formula is C12H7Cl2NO2. The van der Waals surface area contributed by atoms with E-state index in [-0.39, 0.29) is 15.7 Å². The third-order valence-corrected chi connectivity index (χ3v) is 2.90. The predicted octanol–water partition coefficient (Wildman–Crippen LogP) is 4.57. The molecule has 0 aliphatic heterocycles. The molecule has 0 heterocycles. The largest absolute Gasteiger partial charge is 0.272 e. The van der Waals surface area contributed by atoms with Crippen LogP contribution < -0.4 is 0 Å². The fourth-order valence-corrected chi connectivity index (χ4v) is 2.24. The Kier molecular flexibility index (Phi) is 3.31. The number of benzene rings is 2. The number of nitro groups is 1. The maximum atomic E-state index is 10.6. The molecule has 0 amide bonds. The minimum atomic E-state index is -0.521. The number of rotatable bonds is 2. The Morgan fingerprint density at radius 3 is 2.00 bits per heavy atom. The summed E-state index contributed by atoms with van der Waals surface area (Å²) in [5, 5.41) is 11.2. The second-order valence-electron chi connectivity index (χ2n) is 3.41. The first-order chi connectivity index (χ1) is 8.09. The smallest absolute Gasteiger partial charge is 0.258 e. The summed E-state index contributed by atoms with van der Waals surface area (Å²) < 4.78 is 0. The van der Waals surface area contributed by atoms with Crippen LogP contribution in [-0.2, 0) is 0 Å². The van der Waals surface area contributed by atoms with Crippen molar-refractivity contribution in [3.05, 3.63) is 62.6 Å². The number of nitrogens with zero attached hydrogens (tertiary/aromatic N) is 1. The Balaban J connectivity index is 2.61. The van der Waals surface area contributed by atoms with Gasteiger partial charge in [-0.15, -0.1) is 0 Å². The van der Waals surface area contributed by atoms with Gasteiger partial charge >= 0.3 is 0 Å². The van der Waals surface area contributed by atoms with Crippen molar-refractivity contribution in [1.29, 1.82) is 0 Å². The molecule has 3 nitrogen and oxygen atoms in total. The topological polar surface area (TPSA) is 43.1 Å². The van der Waals surface area contributed by atoms with Crippen molar-refractivity contribution in [2.75, 3.05) is 0 Å². The molecule has 0 aromatic heterocycles. The maximum absolute atomic E-state index is 10.6. The highest BCUT2D eigenvalue weighted by atomic mass is 35.5. The van der Waals surface area contributed by atoms with E-state index in [9.17, 15) is 10.1 Å². The van der Waals surface area contributed by atoms with Crippen LogP contribution in [0.2, 0.25) is 10.0 Å². The number of non-ortho nitro benzene ring substituents is 1. The zero-order chi connectivity index (χ0) is 12.4. The van der Waals surface area contributed by atoms with Gasteiger partial charge in [-0.1, -0.05) is 53.5 Å². The van der Waals surface area contributed by atoms with E-state index in [1.165, 1.54) is 12.1 Å². The Labute approximate surface area is 108 Å². The van der Waals surface area contributed by atoms with Gasteiger partial charge in [0, 0.05) is 17.7 Å². The van der Waals surface area contributed by atoms with E-state index < -0.39 is 4.92 Å². The third kappa shape index (κ3) is 2.40. The molecule has 0 bridgehead atoms. The number of nitro benzene ring substituents is 1. The van der Waals surface area contributed by atoms with Crippen LogP contribution in [0.5, 0.6) is 0 Å². The summed E-state index contributed by atoms with van der Waals surface area (Å²) in [4.78, 5) is 10.1. The van der Waals surface area contributed by atoms with Crippen LogP contribution in [0.3, 0.4) is 0 Å². The van der Waals surface area contributed by atoms with E-state index in [1.54, 1.807) is 0 Å². The van der Waals surface area contributed by atoms with Gasteiger partial charge in [0.15, 0.2) is 0 Å². The van der Waals surface area contributed by atoms with Crippen molar-refractivity contribution >= 4 is 28.9 Å². The molecule has 0 N–H and O–H groups in total. The summed E-state index contributed by atoms with van der Waals surface area (Å²) in [6.45, 7) is 0. The fraction of sp³-hybridized carbons (Fsp3) is 0. The van der Waals surface area contributed by atoms with Gasteiger partial charge in [-0.3, -0.25) is 10.1 Å². The average molecular weight is 268 g/mol. The minimum Gasteiger partial charge on any atom is -0.258 e.